The first kappa shape index (κ1) is 19.0. The van der Waals surface area contributed by atoms with Crippen molar-refractivity contribution >= 4 is 45.1 Å². The largest absolute Gasteiger partial charge is 0.349 e. The van der Waals surface area contributed by atoms with Gasteiger partial charge in [-0.15, -0.1) is 12.4 Å². The lowest BCUT2D eigenvalue weighted by atomic mass is 9.84. The number of nitrogens with two attached hydrogens (primary N) is 1. The molecule has 5 nitrogen and oxygen atoms in total. The maximum Gasteiger partial charge on any atom is 0.252 e. The van der Waals surface area contributed by atoms with Gasteiger partial charge in [-0.05, 0) is 47.3 Å². The van der Waals surface area contributed by atoms with E-state index in [9.17, 15) is 9.59 Å². The molecule has 1 heterocycles. The number of nitrogens with one attached hydrogen (secondary N) is 2. The SMILES string of the molecule is Cl.NCC1CCCCC1NC(=O)c1cc(=O)[nH]c2c(Br)cccc12. The summed E-state index contributed by atoms with van der Waals surface area (Å²) in [6.45, 7) is 0.576. The van der Waals surface area contributed by atoms with Crippen molar-refractivity contribution in [1.82, 2.24) is 10.3 Å². The molecule has 1 aliphatic rings. The van der Waals surface area contributed by atoms with E-state index in [0.29, 0.717) is 23.5 Å². The van der Waals surface area contributed by atoms with Crippen LogP contribution in [-0.4, -0.2) is 23.5 Å². The number of fused-ring (bicyclic) bond motifs is 1. The van der Waals surface area contributed by atoms with Crippen LogP contribution in [0.25, 0.3) is 10.9 Å². The Morgan fingerprint density at radius 1 is 1.33 bits per heavy atom. The number of H-pyrrole nitrogens is 1. The van der Waals surface area contributed by atoms with Gasteiger partial charge in [-0.25, -0.2) is 0 Å². The molecule has 0 aliphatic heterocycles. The molecule has 24 heavy (non-hydrogen) atoms. The molecule has 130 valence electrons. The number of carbonyl (C=O) groups excluding carboxylic acids is 1. The molecule has 1 saturated carbocycles. The van der Waals surface area contributed by atoms with Gasteiger partial charge >= 0.3 is 0 Å². The van der Waals surface area contributed by atoms with E-state index in [4.69, 9.17) is 5.73 Å². The number of hydrogen-bond acceptors (Lipinski definition) is 3. The zero-order valence-corrected chi connectivity index (χ0v) is 15.6. The average Bonchev–Trinajstić information content (AvgIpc) is 2.55. The predicted octanol–water partition coefficient (Wildman–Crippen LogP) is 2.96. The lowest BCUT2D eigenvalue weighted by Gasteiger charge is -2.31. The van der Waals surface area contributed by atoms with Gasteiger partial charge in [-0.2, -0.15) is 0 Å². The number of para-hydroxylation sites is 1. The van der Waals surface area contributed by atoms with E-state index in [1.807, 2.05) is 18.2 Å². The summed E-state index contributed by atoms with van der Waals surface area (Å²) in [5.74, 6) is 0.109. The molecule has 1 amide bonds. The molecule has 2 atom stereocenters. The monoisotopic (exact) mass is 413 g/mol. The Hall–Kier alpha value is -1.37. The molecule has 1 aromatic carbocycles. The van der Waals surface area contributed by atoms with E-state index in [-0.39, 0.29) is 29.9 Å². The summed E-state index contributed by atoms with van der Waals surface area (Å²) in [7, 11) is 0. The first-order valence-corrected chi connectivity index (χ1v) is 8.72. The fourth-order valence-electron chi connectivity index (χ4n) is 3.36. The van der Waals surface area contributed by atoms with Crippen LogP contribution in [0.3, 0.4) is 0 Å². The lowest BCUT2D eigenvalue weighted by Crippen LogP contribution is -2.44. The van der Waals surface area contributed by atoms with Gasteiger partial charge in [-0.3, -0.25) is 9.59 Å². The third kappa shape index (κ3) is 3.82. The van der Waals surface area contributed by atoms with E-state index < -0.39 is 0 Å². The molecular weight excluding hydrogens is 394 g/mol. The number of carbonyl (C=O) groups is 1. The van der Waals surface area contributed by atoms with Crippen molar-refractivity contribution in [2.45, 2.75) is 31.7 Å². The van der Waals surface area contributed by atoms with Crippen LogP contribution in [0.4, 0.5) is 0 Å². The Balaban J connectivity index is 0.00000208. The van der Waals surface area contributed by atoms with Crippen molar-refractivity contribution in [1.29, 1.82) is 0 Å². The topological polar surface area (TPSA) is 88.0 Å². The number of hydrogen-bond donors (Lipinski definition) is 3. The van der Waals surface area contributed by atoms with Crippen LogP contribution in [0.1, 0.15) is 36.0 Å². The highest BCUT2D eigenvalue weighted by Crippen LogP contribution is 2.26. The van der Waals surface area contributed by atoms with Gasteiger partial charge in [0.15, 0.2) is 0 Å². The number of rotatable bonds is 3. The van der Waals surface area contributed by atoms with Crippen LogP contribution in [0.2, 0.25) is 0 Å². The highest BCUT2D eigenvalue weighted by atomic mass is 79.9. The van der Waals surface area contributed by atoms with Crippen LogP contribution in [0.15, 0.2) is 33.5 Å². The molecule has 0 spiro atoms. The summed E-state index contributed by atoms with van der Waals surface area (Å²) < 4.78 is 0.763. The maximum atomic E-state index is 12.7. The van der Waals surface area contributed by atoms with Gasteiger partial charge in [0.25, 0.3) is 5.91 Å². The highest BCUT2D eigenvalue weighted by Gasteiger charge is 2.26. The Morgan fingerprint density at radius 3 is 2.83 bits per heavy atom. The molecule has 7 heteroatoms. The van der Waals surface area contributed by atoms with E-state index in [2.05, 4.69) is 26.2 Å². The predicted molar refractivity (Wildman–Crippen MR) is 102 cm³/mol. The van der Waals surface area contributed by atoms with Gasteiger partial charge < -0.3 is 16.0 Å². The van der Waals surface area contributed by atoms with Crippen LogP contribution < -0.4 is 16.6 Å². The van der Waals surface area contributed by atoms with Gasteiger partial charge in [0.05, 0.1) is 11.1 Å². The fourth-order valence-corrected chi connectivity index (χ4v) is 3.82. The molecule has 0 bridgehead atoms. The second kappa shape index (κ2) is 8.14. The third-order valence-corrected chi connectivity index (χ3v) is 5.26. The molecule has 0 saturated heterocycles. The summed E-state index contributed by atoms with van der Waals surface area (Å²) in [5.41, 5.74) is 6.60. The van der Waals surface area contributed by atoms with Crippen molar-refractivity contribution in [2.24, 2.45) is 11.7 Å². The smallest absolute Gasteiger partial charge is 0.252 e. The minimum Gasteiger partial charge on any atom is -0.349 e. The van der Waals surface area contributed by atoms with Crippen LogP contribution in [-0.2, 0) is 0 Å². The number of aromatic nitrogens is 1. The van der Waals surface area contributed by atoms with Gasteiger partial charge in [0.2, 0.25) is 5.56 Å². The lowest BCUT2D eigenvalue weighted by molar-refractivity contribution is 0.0909. The van der Waals surface area contributed by atoms with Gasteiger partial charge in [-0.1, -0.05) is 25.0 Å². The third-order valence-electron chi connectivity index (χ3n) is 4.60. The summed E-state index contributed by atoms with van der Waals surface area (Å²) >= 11 is 3.42. The number of aromatic amines is 1. The summed E-state index contributed by atoms with van der Waals surface area (Å²) in [6, 6.07) is 6.98. The Labute approximate surface area is 154 Å². The summed E-state index contributed by atoms with van der Waals surface area (Å²) in [4.78, 5) is 27.4. The van der Waals surface area contributed by atoms with Crippen LogP contribution in [0.5, 0.6) is 0 Å². The van der Waals surface area contributed by atoms with Crippen molar-refractivity contribution < 1.29 is 4.79 Å². The standard InChI is InChI=1S/C17H20BrN3O2.ClH/c18-13-6-3-5-11-12(8-15(22)21-16(11)13)17(23)20-14-7-2-1-4-10(14)9-19;/h3,5-6,8,10,14H,1-2,4,7,9,19H2,(H,20,23)(H,21,22);1H. The molecule has 1 aliphatic carbocycles. The van der Waals surface area contributed by atoms with Crippen molar-refractivity contribution in [2.75, 3.05) is 6.54 Å². The molecule has 2 unspecified atom stereocenters. The Morgan fingerprint density at radius 2 is 2.08 bits per heavy atom. The minimum atomic E-state index is -0.284. The number of halogens is 2. The summed E-state index contributed by atoms with van der Waals surface area (Å²) in [6.07, 6.45) is 4.25. The Kier molecular flexibility index (Phi) is 6.43. The fraction of sp³-hybridized carbons (Fsp3) is 0.412. The maximum absolute atomic E-state index is 12.7. The molecular formula is C17H21BrClN3O2. The average molecular weight is 415 g/mol. The van der Waals surface area contributed by atoms with Crippen molar-refractivity contribution in [3.63, 3.8) is 0 Å². The first-order valence-electron chi connectivity index (χ1n) is 7.92. The van der Waals surface area contributed by atoms with Crippen molar-refractivity contribution in [3.8, 4) is 0 Å². The number of benzene rings is 1. The van der Waals surface area contributed by atoms with E-state index in [1.165, 1.54) is 6.07 Å². The van der Waals surface area contributed by atoms with Crippen molar-refractivity contribution in [3.05, 3.63) is 44.7 Å². The zero-order chi connectivity index (χ0) is 16.4. The molecule has 2 aromatic rings. The minimum absolute atomic E-state index is 0. The zero-order valence-electron chi connectivity index (χ0n) is 13.2. The number of pyridine rings is 1. The van der Waals surface area contributed by atoms with Gasteiger partial charge in [0, 0.05) is 22.0 Å². The van der Waals surface area contributed by atoms with Gasteiger partial charge in [0.1, 0.15) is 0 Å². The second-order valence-electron chi connectivity index (χ2n) is 6.07. The van der Waals surface area contributed by atoms with Crippen LogP contribution in [0, 0.1) is 5.92 Å². The highest BCUT2D eigenvalue weighted by molar-refractivity contribution is 9.10. The second-order valence-corrected chi connectivity index (χ2v) is 6.92. The normalized spacial score (nSPS) is 20.4. The quantitative estimate of drug-likeness (QED) is 0.721. The van der Waals surface area contributed by atoms with E-state index in [0.717, 1.165) is 35.5 Å². The molecule has 0 radical (unpaired) electrons. The molecule has 4 N–H and O–H groups in total. The molecule has 3 rings (SSSR count). The molecule has 1 aromatic heterocycles. The molecule has 1 fully saturated rings. The van der Waals surface area contributed by atoms with E-state index >= 15 is 0 Å². The number of amides is 1. The summed E-state index contributed by atoms with van der Waals surface area (Å²) in [5, 5.41) is 3.82. The van der Waals surface area contributed by atoms with Crippen LogP contribution >= 0.6 is 28.3 Å². The van der Waals surface area contributed by atoms with E-state index in [1.54, 1.807) is 0 Å². The Bertz CT molecular complexity index is 793. The first-order chi connectivity index (χ1) is 11.1.